The molecule has 0 radical (unpaired) electrons. The van der Waals surface area contributed by atoms with E-state index >= 15 is 0 Å². The molecule has 4 nitrogen and oxygen atoms in total. The van der Waals surface area contributed by atoms with Crippen LogP contribution >= 0.6 is 28.3 Å². The minimum atomic E-state index is -2.74. The van der Waals surface area contributed by atoms with Crippen molar-refractivity contribution in [1.82, 2.24) is 0 Å². The predicted molar refractivity (Wildman–Crippen MR) is 61.0 cm³/mol. The summed E-state index contributed by atoms with van der Waals surface area (Å²) < 4.78 is 24.7. The van der Waals surface area contributed by atoms with Crippen LogP contribution in [0.5, 0.6) is 0 Å². The van der Waals surface area contributed by atoms with Gasteiger partial charge < -0.3 is 5.73 Å². The summed E-state index contributed by atoms with van der Waals surface area (Å²) in [4.78, 5) is 9.85. The first kappa shape index (κ1) is 15.2. The third-order valence-electron chi connectivity index (χ3n) is 1.82. The summed E-state index contributed by atoms with van der Waals surface area (Å²) in [6, 6.07) is 2.20. The van der Waals surface area contributed by atoms with Crippen LogP contribution in [0.4, 0.5) is 14.5 Å². The molecule has 90 valence electrons. The molecule has 0 spiro atoms. The van der Waals surface area contributed by atoms with E-state index in [4.69, 9.17) is 5.73 Å². The Bertz CT molecular complexity index is 392. The Kier molecular flexibility index (Phi) is 5.77. The number of nitrogens with two attached hydrogens (primary N) is 1. The fourth-order valence-electron chi connectivity index (χ4n) is 1.02. The van der Waals surface area contributed by atoms with Gasteiger partial charge in [0, 0.05) is 6.07 Å². The summed E-state index contributed by atoms with van der Waals surface area (Å²) in [6.07, 6.45) is -2.74. The number of benzene rings is 1. The molecule has 0 aliphatic carbocycles. The molecule has 0 saturated heterocycles. The SMILES string of the molecule is Cl.N[C@@H](c1ccc(Br)c([N+](=O)[O-])c1)C(F)F. The zero-order valence-corrected chi connectivity index (χ0v) is 10.2. The molecular formula is C8H8BrClF2N2O2. The summed E-state index contributed by atoms with van der Waals surface area (Å²) in [5.41, 5.74) is 4.94. The predicted octanol–water partition coefficient (Wildman–Crippen LogP) is 3.04. The molecule has 16 heavy (non-hydrogen) atoms. The van der Waals surface area contributed by atoms with E-state index in [0.717, 1.165) is 6.07 Å². The molecule has 0 aliphatic heterocycles. The van der Waals surface area contributed by atoms with Crippen molar-refractivity contribution in [2.24, 2.45) is 5.73 Å². The van der Waals surface area contributed by atoms with Crippen LogP contribution in [0.25, 0.3) is 0 Å². The first-order valence-corrected chi connectivity index (χ1v) is 4.70. The molecule has 0 unspecified atom stereocenters. The first-order valence-electron chi connectivity index (χ1n) is 3.91. The molecule has 0 aromatic heterocycles. The maximum absolute atomic E-state index is 12.2. The Morgan fingerprint density at radius 3 is 2.44 bits per heavy atom. The molecule has 1 rings (SSSR count). The van der Waals surface area contributed by atoms with Gasteiger partial charge >= 0.3 is 0 Å². The number of nitro benzene ring substituents is 1. The molecule has 0 heterocycles. The lowest BCUT2D eigenvalue weighted by Gasteiger charge is -2.10. The second kappa shape index (κ2) is 6.07. The third-order valence-corrected chi connectivity index (χ3v) is 2.49. The maximum atomic E-state index is 12.2. The molecule has 2 N–H and O–H groups in total. The molecule has 0 bridgehead atoms. The van der Waals surface area contributed by atoms with Crippen LogP contribution in [0.1, 0.15) is 11.6 Å². The molecule has 8 heteroatoms. The van der Waals surface area contributed by atoms with Gasteiger partial charge in [-0.05, 0) is 27.6 Å². The maximum Gasteiger partial charge on any atom is 0.283 e. The van der Waals surface area contributed by atoms with Crippen LogP contribution in [0.3, 0.4) is 0 Å². The van der Waals surface area contributed by atoms with Gasteiger partial charge in [0.2, 0.25) is 0 Å². The van der Waals surface area contributed by atoms with E-state index in [-0.39, 0.29) is 28.1 Å². The van der Waals surface area contributed by atoms with Crippen LogP contribution in [0.2, 0.25) is 0 Å². The van der Waals surface area contributed by atoms with Gasteiger partial charge in [-0.1, -0.05) is 6.07 Å². The molecular weight excluding hydrogens is 309 g/mol. The Labute approximate surface area is 105 Å². The van der Waals surface area contributed by atoms with Crippen LogP contribution in [-0.2, 0) is 0 Å². The number of rotatable bonds is 3. The minimum Gasteiger partial charge on any atom is -0.319 e. The Balaban J connectivity index is 0.00000225. The number of hydrogen-bond donors (Lipinski definition) is 1. The standard InChI is InChI=1S/C8H7BrF2N2O2.ClH/c9-5-2-1-4(7(12)8(10)11)3-6(5)13(14)15;/h1-3,7-8H,12H2;1H/t7-;/m0./s1. The lowest BCUT2D eigenvalue weighted by Crippen LogP contribution is -2.18. The van der Waals surface area contributed by atoms with Crippen LogP contribution in [0, 0.1) is 10.1 Å². The topological polar surface area (TPSA) is 69.2 Å². The fraction of sp³-hybridized carbons (Fsp3) is 0.250. The van der Waals surface area contributed by atoms with Gasteiger partial charge in [-0.2, -0.15) is 0 Å². The van der Waals surface area contributed by atoms with Crippen molar-refractivity contribution in [1.29, 1.82) is 0 Å². The van der Waals surface area contributed by atoms with Gasteiger partial charge in [0.25, 0.3) is 12.1 Å². The molecule has 1 aromatic carbocycles. The van der Waals surface area contributed by atoms with E-state index < -0.39 is 17.4 Å². The van der Waals surface area contributed by atoms with Gasteiger partial charge in [-0.15, -0.1) is 12.4 Å². The van der Waals surface area contributed by atoms with Gasteiger partial charge in [0.15, 0.2) is 0 Å². The van der Waals surface area contributed by atoms with Crippen molar-refractivity contribution in [3.63, 3.8) is 0 Å². The summed E-state index contributed by atoms with van der Waals surface area (Å²) in [5.74, 6) is 0. The number of alkyl halides is 2. The number of nitro groups is 1. The van der Waals surface area contributed by atoms with Crippen LogP contribution in [0.15, 0.2) is 22.7 Å². The number of hydrogen-bond acceptors (Lipinski definition) is 3. The zero-order chi connectivity index (χ0) is 11.6. The zero-order valence-electron chi connectivity index (χ0n) is 7.77. The van der Waals surface area contributed by atoms with Crippen molar-refractivity contribution in [3.05, 3.63) is 38.3 Å². The van der Waals surface area contributed by atoms with Crippen molar-refractivity contribution in [3.8, 4) is 0 Å². The second-order valence-corrected chi connectivity index (χ2v) is 3.68. The Morgan fingerprint density at radius 1 is 1.44 bits per heavy atom. The van der Waals surface area contributed by atoms with Crippen molar-refractivity contribution in [2.75, 3.05) is 0 Å². The van der Waals surface area contributed by atoms with Gasteiger partial charge in [-0.3, -0.25) is 10.1 Å². The van der Waals surface area contributed by atoms with Crippen molar-refractivity contribution in [2.45, 2.75) is 12.5 Å². The molecule has 0 saturated carbocycles. The van der Waals surface area contributed by atoms with Gasteiger partial charge in [-0.25, -0.2) is 8.78 Å². The molecule has 1 aromatic rings. The average molecular weight is 318 g/mol. The monoisotopic (exact) mass is 316 g/mol. The third kappa shape index (κ3) is 3.36. The first-order chi connectivity index (χ1) is 6.93. The lowest BCUT2D eigenvalue weighted by atomic mass is 10.1. The minimum absolute atomic E-state index is 0. The Morgan fingerprint density at radius 2 is 2.00 bits per heavy atom. The molecule has 0 amide bonds. The highest BCUT2D eigenvalue weighted by Gasteiger charge is 2.21. The van der Waals surface area contributed by atoms with Gasteiger partial charge in [0.05, 0.1) is 15.4 Å². The highest BCUT2D eigenvalue weighted by molar-refractivity contribution is 9.10. The second-order valence-electron chi connectivity index (χ2n) is 2.83. The van der Waals surface area contributed by atoms with E-state index in [2.05, 4.69) is 15.9 Å². The van der Waals surface area contributed by atoms with E-state index in [1.54, 1.807) is 0 Å². The van der Waals surface area contributed by atoms with E-state index in [1.807, 2.05) is 0 Å². The van der Waals surface area contributed by atoms with Crippen LogP contribution < -0.4 is 5.73 Å². The molecule has 0 fully saturated rings. The Hall–Kier alpha value is -0.790. The highest BCUT2D eigenvalue weighted by atomic mass is 79.9. The fourth-order valence-corrected chi connectivity index (χ4v) is 1.41. The summed E-state index contributed by atoms with van der Waals surface area (Å²) >= 11 is 2.95. The quantitative estimate of drug-likeness (QED) is 0.688. The number of halogens is 4. The summed E-state index contributed by atoms with van der Waals surface area (Å²) in [7, 11) is 0. The normalized spacial score (nSPS) is 12.1. The van der Waals surface area contributed by atoms with Gasteiger partial charge in [0.1, 0.15) is 0 Å². The smallest absolute Gasteiger partial charge is 0.283 e. The van der Waals surface area contributed by atoms with Crippen LogP contribution in [-0.4, -0.2) is 11.3 Å². The van der Waals surface area contributed by atoms with E-state index in [1.165, 1.54) is 12.1 Å². The summed E-state index contributed by atoms with van der Waals surface area (Å²) in [6.45, 7) is 0. The van der Waals surface area contributed by atoms with Crippen molar-refractivity contribution >= 4 is 34.0 Å². The molecule has 0 aliphatic rings. The molecule has 1 atom stereocenters. The highest BCUT2D eigenvalue weighted by Crippen LogP contribution is 2.29. The lowest BCUT2D eigenvalue weighted by molar-refractivity contribution is -0.385. The van der Waals surface area contributed by atoms with Crippen molar-refractivity contribution < 1.29 is 13.7 Å². The number of nitrogens with zero attached hydrogens (tertiary/aromatic N) is 1. The van der Waals surface area contributed by atoms with E-state index in [0.29, 0.717) is 0 Å². The largest absolute Gasteiger partial charge is 0.319 e. The van der Waals surface area contributed by atoms with E-state index in [9.17, 15) is 18.9 Å². The average Bonchev–Trinajstić information content (AvgIpc) is 2.16. The summed E-state index contributed by atoms with van der Waals surface area (Å²) in [5, 5.41) is 10.5.